The fourth-order valence-corrected chi connectivity index (χ4v) is 6.70. The lowest BCUT2D eigenvalue weighted by molar-refractivity contribution is -0.146. The summed E-state index contributed by atoms with van der Waals surface area (Å²) in [6.07, 6.45) is 5.76. The number of hydrogen-bond donors (Lipinski definition) is 1. The first-order valence-corrected chi connectivity index (χ1v) is 11.9. The van der Waals surface area contributed by atoms with E-state index in [0.717, 1.165) is 23.1 Å². The van der Waals surface area contributed by atoms with E-state index in [2.05, 4.69) is 17.5 Å². The first kappa shape index (κ1) is 20.4. The Labute approximate surface area is 193 Å². The number of aryl methyl sites for hydroxylation is 2. The average Bonchev–Trinajstić information content (AvgIpc) is 3.56. The van der Waals surface area contributed by atoms with Gasteiger partial charge in [0, 0.05) is 12.1 Å². The van der Waals surface area contributed by atoms with Crippen molar-refractivity contribution in [3.8, 4) is 0 Å². The number of hydrogen-bond acceptors (Lipinski definition) is 3. The summed E-state index contributed by atoms with van der Waals surface area (Å²) in [7, 11) is 0. The Balaban J connectivity index is 1.34. The summed E-state index contributed by atoms with van der Waals surface area (Å²) in [4.78, 5) is 42.3. The first-order valence-electron chi connectivity index (χ1n) is 11.9. The molecule has 0 aromatic heterocycles. The van der Waals surface area contributed by atoms with E-state index in [1.165, 1.54) is 4.90 Å². The van der Waals surface area contributed by atoms with Gasteiger partial charge in [-0.15, -0.1) is 0 Å². The highest BCUT2D eigenvalue weighted by Crippen LogP contribution is 2.65. The van der Waals surface area contributed by atoms with Gasteiger partial charge in [-0.05, 0) is 72.8 Å². The number of rotatable bonds is 5. The summed E-state index contributed by atoms with van der Waals surface area (Å²) >= 11 is 0. The second-order valence-electron chi connectivity index (χ2n) is 10.3. The van der Waals surface area contributed by atoms with Crippen LogP contribution in [0.15, 0.2) is 60.7 Å². The van der Waals surface area contributed by atoms with E-state index in [1.807, 2.05) is 62.4 Å². The molecule has 0 unspecified atom stereocenters. The molecule has 168 valence electrons. The van der Waals surface area contributed by atoms with Crippen LogP contribution >= 0.6 is 0 Å². The lowest BCUT2D eigenvalue weighted by atomic mass is 9.63. The molecule has 7 atom stereocenters. The zero-order valence-corrected chi connectivity index (χ0v) is 18.9. The molecular weight excluding hydrogens is 412 g/mol. The third kappa shape index (κ3) is 3.25. The highest BCUT2D eigenvalue weighted by atomic mass is 16.2. The van der Waals surface area contributed by atoms with Gasteiger partial charge in [0.15, 0.2) is 0 Å². The lowest BCUT2D eigenvalue weighted by Crippen LogP contribution is -2.49. The zero-order valence-electron chi connectivity index (χ0n) is 18.9. The Kier molecular flexibility index (Phi) is 4.58. The predicted molar refractivity (Wildman–Crippen MR) is 125 cm³/mol. The molecule has 7 rings (SSSR count). The lowest BCUT2D eigenvalue weighted by Gasteiger charge is -2.37. The van der Waals surface area contributed by atoms with Crippen LogP contribution < -0.4 is 5.32 Å². The second-order valence-corrected chi connectivity index (χ2v) is 10.3. The Bertz CT molecular complexity index is 1130. The number of imide groups is 1. The minimum Gasteiger partial charge on any atom is -0.324 e. The van der Waals surface area contributed by atoms with Gasteiger partial charge in [-0.25, -0.2) is 0 Å². The number of carbonyl (C=O) groups is 3. The summed E-state index contributed by atoms with van der Waals surface area (Å²) in [5, 5.41) is 3.00. The minimum absolute atomic E-state index is 0.145. The number of amides is 3. The Morgan fingerprint density at radius 2 is 1.52 bits per heavy atom. The molecule has 2 aromatic carbocycles. The van der Waals surface area contributed by atoms with Crippen molar-refractivity contribution in [2.24, 2.45) is 35.5 Å². The number of benzene rings is 2. The zero-order chi connectivity index (χ0) is 22.9. The van der Waals surface area contributed by atoms with E-state index < -0.39 is 6.04 Å². The highest BCUT2D eigenvalue weighted by molar-refractivity contribution is 6.10. The monoisotopic (exact) mass is 440 g/mol. The molecule has 1 aliphatic heterocycles. The van der Waals surface area contributed by atoms with Crippen LogP contribution in [0.25, 0.3) is 0 Å². The molecule has 5 heteroatoms. The van der Waals surface area contributed by atoms with Crippen molar-refractivity contribution in [1.82, 2.24) is 4.90 Å². The number of nitrogens with one attached hydrogen (secondary N) is 1. The van der Waals surface area contributed by atoms with E-state index in [-0.39, 0.29) is 41.4 Å². The average molecular weight is 441 g/mol. The standard InChI is InChI=1S/C28H28N2O3/c1-15-10-16(2)12-18(11-15)29-26(31)23(13-17-6-4-3-5-7-17)30-27(32)24-19-8-9-20(22-14-21(19)22)25(24)28(30)33/h3-12,19-25H,13-14H2,1-2H3,(H,29,31)/t19-,20-,21-,22-,23+,24+,25+/m1/s1. The van der Waals surface area contributed by atoms with Crippen molar-refractivity contribution >= 4 is 23.4 Å². The van der Waals surface area contributed by atoms with Crippen molar-refractivity contribution in [2.75, 3.05) is 5.32 Å². The second kappa shape index (κ2) is 7.41. The minimum atomic E-state index is -0.866. The number of anilines is 1. The molecule has 2 saturated carbocycles. The fourth-order valence-electron chi connectivity index (χ4n) is 6.70. The van der Waals surface area contributed by atoms with E-state index in [9.17, 15) is 14.4 Å². The van der Waals surface area contributed by atoms with Crippen molar-refractivity contribution in [3.63, 3.8) is 0 Å². The molecule has 0 spiro atoms. The van der Waals surface area contributed by atoms with Crippen LogP contribution in [0.1, 0.15) is 23.1 Å². The van der Waals surface area contributed by atoms with Crippen molar-refractivity contribution < 1.29 is 14.4 Å². The third-order valence-electron chi connectivity index (χ3n) is 8.07. The normalized spacial score (nSPS) is 31.9. The predicted octanol–water partition coefficient (Wildman–Crippen LogP) is 3.91. The van der Waals surface area contributed by atoms with E-state index >= 15 is 0 Å². The van der Waals surface area contributed by atoms with Crippen molar-refractivity contribution in [2.45, 2.75) is 32.7 Å². The van der Waals surface area contributed by atoms with E-state index in [1.54, 1.807) is 0 Å². The maximum atomic E-state index is 13.7. The van der Waals surface area contributed by atoms with Gasteiger partial charge in [0.2, 0.25) is 17.7 Å². The molecule has 4 aliphatic carbocycles. The van der Waals surface area contributed by atoms with Crippen LogP contribution in [-0.4, -0.2) is 28.7 Å². The van der Waals surface area contributed by atoms with Crippen LogP contribution in [0, 0.1) is 49.4 Å². The molecule has 2 aromatic rings. The molecule has 33 heavy (non-hydrogen) atoms. The molecule has 5 aliphatic rings. The van der Waals surface area contributed by atoms with Gasteiger partial charge in [0.05, 0.1) is 11.8 Å². The summed E-state index contributed by atoms with van der Waals surface area (Å²) in [5.41, 5.74) is 3.71. The van der Waals surface area contributed by atoms with Gasteiger partial charge in [-0.2, -0.15) is 0 Å². The van der Waals surface area contributed by atoms with E-state index in [4.69, 9.17) is 0 Å². The fraction of sp³-hybridized carbons (Fsp3) is 0.393. The number of allylic oxidation sites excluding steroid dienone is 2. The summed E-state index contributed by atoms with van der Waals surface area (Å²) in [6, 6.07) is 14.6. The molecule has 1 saturated heterocycles. The van der Waals surface area contributed by atoms with Gasteiger partial charge in [-0.3, -0.25) is 19.3 Å². The van der Waals surface area contributed by atoms with Crippen LogP contribution in [-0.2, 0) is 20.8 Å². The number of carbonyl (C=O) groups excluding carboxylic acids is 3. The summed E-state index contributed by atoms with van der Waals surface area (Å²) in [6.45, 7) is 3.97. The molecule has 1 heterocycles. The maximum absolute atomic E-state index is 13.7. The Morgan fingerprint density at radius 3 is 2.09 bits per heavy atom. The van der Waals surface area contributed by atoms with Crippen molar-refractivity contribution in [3.05, 3.63) is 77.4 Å². The van der Waals surface area contributed by atoms with Gasteiger partial charge in [0.1, 0.15) is 6.04 Å². The third-order valence-corrected chi connectivity index (χ3v) is 8.07. The molecule has 5 nitrogen and oxygen atoms in total. The smallest absolute Gasteiger partial charge is 0.248 e. The quantitative estimate of drug-likeness (QED) is 0.566. The topological polar surface area (TPSA) is 66.5 Å². The van der Waals surface area contributed by atoms with Crippen LogP contribution in [0.2, 0.25) is 0 Å². The molecule has 2 bridgehead atoms. The van der Waals surface area contributed by atoms with Crippen molar-refractivity contribution in [1.29, 1.82) is 0 Å². The molecular formula is C28H28N2O3. The molecule has 3 amide bonds. The van der Waals surface area contributed by atoms with Gasteiger partial charge >= 0.3 is 0 Å². The van der Waals surface area contributed by atoms with Crippen LogP contribution in [0.3, 0.4) is 0 Å². The van der Waals surface area contributed by atoms with Gasteiger partial charge in [-0.1, -0.05) is 48.6 Å². The number of likely N-dealkylation sites (tertiary alicyclic amines) is 1. The van der Waals surface area contributed by atoms with Crippen LogP contribution in [0.4, 0.5) is 5.69 Å². The maximum Gasteiger partial charge on any atom is 0.248 e. The SMILES string of the molecule is Cc1cc(C)cc(NC(=O)[C@H](Cc2ccccc2)N2C(=O)[C@H]3[C@@H]4C=C[C@H]([C@H]5C[C@H]45)[C@@H]3C2=O)c1. The Morgan fingerprint density at radius 1 is 0.939 bits per heavy atom. The first-order chi connectivity index (χ1) is 15.9. The Hall–Kier alpha value is -3.21. The molecule has 0 radical (unpaired) electrons. The highest BCUT2D eigenvalue weighted by Gasteiger charge is 2.67. The van der Waals surface area contributed by atoms with Crippen LogP contribution in [0.5, 0.6) is 0 Å². The summed E-state index contributed by atoms with van der Waals surface area (Å²) < 4.78 is 0. The molecule has 3 fully saturated rings. The molecule has 1 N–H and O–H groups in total. The summed E-state index contributed by atoms with van der Waals surface area (Å²) in [5.74, 6) is 0.126. The van der Waals surface area contributed by atoms with Gasteiger partial charge < -0.3 is 5.32 Å². The largest absolute Gasteiger partial charge is 0.324 e. The number of nitrogens with zero attached hydrogens (tertiary/aromatic N) is 1. The van der Waals surface area contributed by atoms with Gasteiger partial charge in [0.25, 0.3) is 0 Å². The van der Waals surface area contributed by atoms with E-state index in [0.29, 0.717) is 23.9 Å².